The van der Waals surface area contributed by atoms with Crippen LogP contribution < -0.4 is 10.6 Å². The molecule has 0 aromatic heterocycles. The minimum absolute atomic E-state index is 0.205. The Labute approximate surface area is 123 Å². The van der Waals surface area contributed by atoms with Crippen LogP contribution in [-0.4, -0.2) is 22.9 Å². The van der Waals surface area contributed by atoms with Crippen molar-refractivity contribution >= 4 is 29.2 Å². The summed E-state index contributed by atoms with van der Waals surface area (Å²) in [6.07, 6.45) is 0. The molecule has 1 aromatic rings. The van der Waals surface area contributed by atoms with Gasteiger partial charge in [0.05, 0.1) is 5.92 Å². The van der Waals surface area contributed by atoms with Gasteiger partial charge in [0.2, 0.25) is 11.8 Å². The van der Waals surface area contributed by atoms with E-state index in [1.54, 1.807) is 25.1 Å². The fourth-order valence-corrected chi connectivity index (χ4v) is 1.73. The van der Waals surface area contributed by atoms with E-state index in [-0.39, 0.29) is 11.8 Å². The highest BCUT2D eigenvalue weighted by molar-refractivity contribution is 5.96. The van der Waals surface area contributed by atoms with Crippen molar-refractivity contribution in [2.75, 3.05) is 10.6 Å². The molecule has 2 unspecified atom stereocenters. The Balaban J connectivity index is 2.89. The minimum atomic E-state index is -1.01. The zero-order valence-corrected chi connectivity index (χ0v) is 12.6. The SMILES string of the molecule is CC(=O)Nc1ccc(C)c(NC(=O)C(C)C(C)C(=O)O)c1. The van der Waals surface area contributed by atoms with E-state index in [1.807, 2.05) is 6.92 Å². The van der Waals surface area contributed by atoms with E-state index in [4.69, 9.17) is 5.11 Å². The lowest BCUT2D eigenvalue weighted by Gasteiger charge is -2.17. The number of carboxylic acid groups (broad SMARTS) is 1. The van der Waals surface area contributed by atoms with Crippen molar-refractivity contribution in [1.82, 2.24) is 0 Å². The van der Waals surface area contributed by atoms with Crippen LogP contribution in [0.2, 0.25) is 0 Å². The number of hydrogen-bond acceptors (Lipinski definition) is 3. The van der Waals surface area contributed by atoms with Crippen molar-refractivity contribution in [3.63, 3.8) is 0 Å². The Morgan fingerprint density at radius 2 is 1.71 bits per heavy atom. The largest absolute Gasteiger partial charge is 0.481 e. The third kappa shape index (κ3) is 4.59. The summed E-state index contributed by atoms with van der Waals surface area (Å²) in [5, 5.41) is 14.3. The van der Waals surface area contributed by atoms with Crippen molar-refractivity contribution in [3.8, 4) is 0 Å². The molecule has 0 heterocycles. The number of anilines is 2. The zero-order chi connectivity index (χ0) is 16.2. The predicted octanol–water partition coefficient (Wildman–Crippen LogP) is 2.25. The summed E-state index contributed by atoms with van der Waals surface area (Å²) in [6, 6.07) is 5.15. The van der Waals surface area contributed by atoms with Crippen molar-refractivity contribution in [3.05, 3.63) is 23.8 Å². The molecule has 6 nitrogen and oxygen atoms in total. The van der Waals surface area contributed by atoms with Gasteiger partial charge in [0.25, 0.3) is 0 Å². The first-order chi connectivity index (χ1) is 9.72. The second-order valence-electron chi connectivity index (χ2n) is 5.12. The lowest BCUT2D eigenvalue weighted by Crippen LogP contribution is -2.30. The summed E-state index contributed by atoms with van der Waals surface area (Å²) in [6.45, 7) is 6.28. The average Bonchev–Trinajstić information content (AvgIpc) is 2.40. The molecule has 0 fully saturated rings. The van der Waals surface area contributed by atoms with Gasteiger partial charge in [-0.15, -0.1) is 0 Å². The van der Waals surface area contributed by atoms with Crippen LogP contribution in [0.3, 0.4) is 0 Å². The highest BCUT2D eigenvalue weighted by Crippen LogP contribution is 2.22. The first-order valence-corrected chi connectivity index (χ1v) is 6.64. The van der Waals surface area contributed by atoms with Gasteiger partial charge in [0.1, 0.15) is 0 Å². The number of carbonyl (C=O) groups is 3. The zero-order valence-electron chi connectivity index (χ0n) is 12.6. The summed E-state index contributed by atoms with van der Waals surface area (Å²) < 4.78 is 0. The number of nitrogens with one attached hydrogen (secondary N) is 2. The molecule has 21 heavy (non-hydrogen) atoms. The molecular weight excluding hydrogens is 272 g/mol. The van der Waals surface area contributed by atoms with Gasteiger partial charge in [-0.05, 0) is 24.6 Å². The molecule has 114 valence electrons. The molecule has 2 amide bonds. The van der Waals surface area contributed by atoms with E-state index in [9.17, 15) is 14.4 Å². The Bertz CT molecular complexity index is 569. The average molecular weight is 292 g/mol. The van der Waals surface area contributed by atoms with E-state index in [2.05, 4.69) is 10.6 Å². The summed E-state index contributed by atoms with van der Waals surface area (Å²) in [4.78, 5) is 34.0. The third-order valence-electron chi connectivity index (χ3n) is 3.37. The lowest BCUT2D eigenvalue weighted by atomic mass is 9.95. The van der Waals surface area contributed by atoms with Crippen LogP contribution in [0.4, 0.5) is 11.4 Å². The van der Waals surface area contributed by atoms with Gasteiger partial charge in [0, 0.05) is 24.2 Å². The van der Waals surface area contributed by atoms with Gasteiger partial charge < -0.3 is 15.7 Å². The Morgan fingerprint density at radius 3 is 2.24 bits per heavy atom. The second-order valence-corrected chi connectivity index (χ2v) is 5.12. The third-order valence-corrected chi connectivity index (χ3v) is 3.37. The van der Waals surface area contributed by atoms with Crippen molar-refractivity contribution in [2.45, 2.75) is 27.7 Å². The Hall–Kier alpha value is -2.37. The van der Waals surface area contributed by atoms with Crippen LogP contribution in [0.1, 0.15) is 26.3 Å². The standard InChI is InChI=1S/C15H20N2O4/c1-8-5-6-12(16-11(4)18)7-13(8)17-14(19)9(2)10(3)15(20)21/h5-7,9-10H,1-4H3,(H,16,18)(H,17,19)(H,20,21). The quantitative estimate of drug-likeness (QED) is 0.775. The number of amides is 2. The molecule has 0 spiro atoms. The predicted molar refractivity (Wildman–Crippen MR) is 80.1 cm³/mol. The van der Waals surface area contributed by atoms with Gasteiger partial charge in [0.15, 0.2) is 0 Å². The smallest absolute Gasteiger partial charge is 0.307 e. The maximum absolute atomic E-state index is 12.1. The molecule has 1 rings (SSSR count). The molecule has 0 aliphatic carbocycles. The Kier molecular flexibility index (Phi) is 5.46. The number of benzene rings is 1. The molecule has 6 heteroatoms. The first-order valence-electron chi connectivity index (χ1n) is 6.64. The highest BCUT2D eigenvalue weighted by atomic mass is 16.4. The summed E-state index contributed by atoms with van der Waals surface area (Å²) in [5.41, 5.74) is 1.95. The van der Waals surface area contributed by atoms with Crippen LogP contribution >= 0.6 is 0 Å². The maximum atomic E-state index is 12.1. The van der Waals surface area contributed by atoms with E-state index in [0.717, 1.165) is 5.56 Å². The molecule has 0 aliphatic heterocycles. The number of hydrogen-bond donors (Lipinski definition) is 3. The van der Waals surface area contributed by atoms with Gasteiger partial charge in [-0.25, -0.2) is 0 Å². The topological polar surface area (TPSA) is 95.5 Å². The van der Waals surface area contributed by atoms with Crippen molar-refractivity contribution in [1.29, 1.82) is 0 Å². The fourth-order valence-electron chi connectivity index (χ4n) is 1.73. The van der Waals surface area contributed by atoms with Crippen LogP contribution in [-0.2, 0) is 14.4 Å². The number of aryl methyl sites for hydroxylation is 1. The van der Waals surface area contributed by atoms with Crippen LogP contribution in [0, 0.1) is 18.8 Å². The van der Waals surface area contributed by atoms with Crippen LogP contribution in [0.5, 0.6) is 0 Å². The first kappa shape index (κ1) is 16.7. The number of aliphatic carboxylic acids is 1. The van der Waals surface area contributed by atoms with E-state index in [0.29, 0.717) is 11.4 Å². The van der Waals surface area contributed by atoms with Crippen molar-refractivity contribution < 1.29 is 19.5 Å². The number of rotatable bonds is 5. The highest BCUT2D eigenvalue weighted by Gasteiger charge is 2.26. The summed E-state index contributed by atoms with van der Waals surface area (Å²) in [5.74, 6) is -3.02. The maximum Gasteiger partial charge on any atom is 0.307 e. The Morgan fingerprint density at radius 1 is 1.10 bits per heavy atom. The van der Waals surface area contributed by atoms with Gasteiger partial charge in [-0.2, -0.15) is 0 Å². The molecule has 0 bridgehead atoms. The summed E-state index contributed by atoms with van der Waals surface area (Å²) in [7, 11) is 0. The molecule has 3 N–H and O–H groups in total. The van der Waals surface area contributed by atoms with Gasteiger partial charge >= 0.3 is 5.97 Å². The van der Waals surface area contributed by atoms with E-state index >= 15 is 0 Å². The number of carbonyl (C=O) groups excluding carboxylic acids is 2. The molecule has 0 saturated carbocycles. The monoisotopic (exact) mass is 292 g/mol. The molecular formula is C15H20N2O4. The minimum Gasteiger partial charge on any atom is -0.481 e. The normalized spacial score (nSPS) is 13.1. The lowest BCUT2D eigenvalue weighted by molar-refractivity contribution is -0.145. The molecule has 2 atom stereocenters. The number of carboxylic acids is 1. The molecule has 1 aromatic carbocycles. The van der Waals surface area contributed by atoms with E-state index < -0.39 is 17.8 Å². The van der Waals surface area contributed by atoms with E-state index in [1.165, 1.54) is 13.8 Å². The van der Waals surface area contributed by atoms with Crippen molar-refractivity contribution in [2.24, 2.45) is 11.8 Å². The van der Waals surface area contributed by atoms with Crippen LogP contribution in [0.15, 0.2) is 18.2 Å². The van der Waals surface area contributed by atoms with Crippen LogP contribution in [0.25, 0.3) is 0 Å². The second kappa shape index (κ2) is 6.88. The van der Waals surface area contributed by atoms with Gasteiger partial charge in [-0.3, -0.25) is 14.4 Å². The molecule has 0 radical (unpaired) electrons. The molecule has 0 saturated heterocycles. The van der Waals surface area contributed by atoms with Gasteiger partial charge in [-0.1, -0.05) is 19.9 Å². The summed E-state index contributed by atoms with van der Waals surface area (Å²) >= 11 is 0. The fraction of sp³-hybridized carbons (Fsp3) is 0.400. The molecule has 0 aliphatic rings.